The summed E-state index contributed by atoms with van der Waals surface area (Å²) in [5.74, 6) is 0. The molecule has 0 unspecified atom stereocenters. The van der Waals surface area contributed by atoms with Crippen molar-refractivity contribution in [1.29, 1.82) is 0 Å². The van der Waals surface area contributed by atoms with Crippen LogP contribution < -0.4 is 5.73 Å². The average molecular weight is 204 g/mol. The van der Waals surface area contributed by atoms with Crippen LogP contribution in [0.25, 0.3) is 0 Å². The van der Waals surface area contributed by atoms with Crippen molar-refractivity contribution in [3.63, 3.8) is 0 Å². The predicted octanol–water partition coefficient (Wildman–Crippen LogP) is 2.51. The van der Waals surface area contributed by atoms with E-state index in [-0.39, 0.29) is 6.04 Å². The number of nitrogens with two attached hydrogens (primary N) is 1. The summed E-state index contributed by atoms with van der Waals surface area (Å²) in [5, 5.41) is 0. The van der Waals surface area contributed by atoms with Gasteiger partial charge in [-0.05, 0) is 18.1 Å². The first-order valence-electron chi connectivity index (χ1n) is 4.23. The zero-order chi connectivity index (χ0) is 10.8. The van der Waals surface area contributed by atoms with Gasteiger partial charge in [-0.3, -0.25) is 4.98 Å². The SMILES string of the molecule is CC[C@@H](N)c1cncc(C(F)(F)F)c1. The van der Waals surface area contributed by atoms with E-state index >= 15 is 0 Å². The Morgan fingerprint density at radius 1 is 1.43 bits per heavy atom. The molecular weight excluding hydrogens is 193 g/mol. The third-order valence-corrected chi connectivity index (χ3v) is 1.95. The maximum Gasteiger partial charge on any atom is 0.417 e. The summed E-state index contributed by atoms with van der Waals surface area (Å²) in [6, 6.07) is 0.658. The molecule has 0 fully saturated rings. The molecule has 78 valence electrons. The van der Waals surface area contributed by atoms with Crippen LogP contribution in [0.1, 0.15) is 30.5 Å². The lowest BCUT2D eigenvalue weighted by Gasteiger charge is -2.11. The summed E-state index contributed by atoms with van der Waals surface area (Å²) in [7, 11) is 0. The summed E-state index contributed by atoms with van der Waals surface area (Å²) >= 11 is 0. The summed E-state index contributed by atoms with van der Waals surface area (Å²) in [5.41, 5.74) is 5.27. The fourth-order valence-corrected chi connectivity index (χ4v) is 1.05. The molecule has 14 heavy (non-hydrogen) atoms. The largest absolute Gasteiger partial charge is 0.417 e. The monoisotopic (exact) mass is 204 g/mol. The van der Waals surface area contributed by atoms with E-state index in [1.165, 1.54) is 6.20 Å². The zero-order valence-electron chi connectivity index (χ0n) is 7.67. The Morgan fingerprint density at radius 2 is 2.07 bits per heavy atom. The molecule has 2 nitrogen and oxygen atoms in total. The van der Waals surface area contributed by atoms with E-state index in [1.807, 2.05) is 6.92 Å². The van der Waals surface area contributed by atoms with Crippen molar-refractivity contribution in [2.45, 2.75) is 25.6 Å². The predicted molar refractivity (Wildman–Crippen MR) is 46.5 cm³/mol. The molecule has 0 spiro atoms. The minimum absolute atomic E-state index is 0.384. The lowest BCUT2D eigenvalue weighted by atomic mass is 10.1. The lowest BCUT2D eigenvalue weighted by molar-refractivity contribution is -0.137. The van der Waals surface area contributed by atoms with Crippen molar-refractivity contribution >= 4 is 0 Å². The standard InChI is InChI=1S/C9H11F3N2/c1-2-8(13)6-3-7(5-14-4-6)9(10,11)12/h3-5,8H,2,13H2,1H3/t8-/m1/s1. The van der Waals surface area contributed by atoms with Gasteiger partial charge in [-0.15, -0.1) is 0 Å². The van der Waals surface area contributed by atoms with Crippen molar-refractivity contribution in [2.75, 3.05) is 0 Å². The molecule has 0 aliphatic rings. The maximum atomic E-state index is 12.3. The second kappa shape index (κ2) is 3.96. The molecule has 2 N–H and O–H groups in total. The number of pyridine rings is 1. The van der Waals surface area contributed by atoms with Crippen molar-refractivity contribution in [3.05, 3.63) is 29.6 Å². The highest BCUT2D eigenvalue weighted by molar-refractivity contribution is 5.22. The van der Waals surface area contributed by atoms with Gasteiger partial charge >= 0.3 is 6.18 Å². The van der Waals surface area contributed by atoms with Gasteiger partial charge in [0.1, 0.15) is 0 Å². The van der Waals surface area contributed by atoms with Crippen LogP contribution >= 0.6 is 0 Å². The first kappa shape index (κ1) is 11.0. The Labute approximate surface area is 79.9 Å². The maximum absolute atomic E-state index is 12.3. The Morgan fingerprint density at radius 3 is 2.57 bits per heavy atom. The number of alkyl halides is 3. The van der Waals surface area contributed by atoms with Gasteiger partial charge in [0.05, 0.1) is 5.56 Å². The molecule has 1 rings (SSSR count). The molecule has 0 amide bonds. The number of hydrogen-bond donors (Lipinski definition) is 1. The van der Waals surface area contributed by atoms with Crippen LogP contribution in [0.5, 0.6) is 0 Å². The topological polar surface area (TPSA) is 38.9 Å². The van der Waals surface area contributed by atoms with Crippen molar-refractivity contribution in [3.8, 4) is 0 Å². The van der Waals surface area contributed by atoms with Gasteiger partial charge in [0.15, 0.2) is 0 Å². The Hall–Kier alpha value is -1.10. The molecule has 1 heterocycles. The van der Waals surface area contributed by atoms with Gasteiger partial charge in [0, 0.05) is 18.4 Å². The van der Waals surface area contributed by atoms with E-state index in [4.69, 9.17) is 5.73 Å². The molecule has 0 saturated heterocycles. The van der Waals surface area contributed by atoms with Crippen molar-refractivity contribution in [2.24, 2.45) is 5.73 Å². The van der Waals surface area contributed by atoms with Gasteiger partial charge in [-0.25, -0.2) is 0 Å². The van der Waals surface area contributed by atoms with E-state index in [1.54, 1.807) is 0 Å². The number of halogens is 3. The second-order valence-electron chi connectivity index (χ2n) is 3.02. The molecule has 5 heteroatoms. The highest BCUT2D eigenvalue weighted by Crippen LogP contribution is 2.29. The molecule has 1 aromatic heterocycles. The summed E-state index contributed by atoms with van der Waals surface area (Å²) < 4.78 is 36.8. The van der Waals surface area contributed by atoms with E-state index in [0.717, 1.165) is 12.3 Å². The van der Waals surface area contributed by atoms with E-state index in [9.17, 15) is 13.2 Å². The lowest BCUT2D eigenvalue weighted by Crippen LogP contribution is -2.12. The first-order chi connectivity index (χ1) is 6.45. The molecule has 1 atom stereocenters. The van der Waals surface area contributed by atoms with Crippen molar-refractivity contribution < 1.29 is 13.2 Å². The van der Waals surface area contributed by atoms with Crippen molar-refractivity contribution in [1.82, 2.24) is 4.98 Å². The molecule has 1 aromatic rings. The average Bonchev–Trinajstić information content (AvgIpc) is 2.15. The van der Waals surface area contributed by atoms with Crippen LogP contribution in [0.3, 0.4) is 0 Å². The minimum atomic E-state index is -4.35. The summed E-state index contributed by atoms with van der Waals surface area (Å²) in [4.78, 5) is 3.52. The van der Waals surface area contributed by atoms with Gasteiger partial charge in [0.2, 0.25) is 0 Å². The smallest absolute Gasteiger partial charge is 0.324 e. The number of aromatic nitrogens is 1. The third kappa shape index (κ3) is 2.45. The summed E-state index contributed by atoms with van der Waals surface area (Å²) in [6.45, 7) is 1.81. The summed E-state index contributed by atoms with van der Waals surface area (Å²) in [6.07, 6.45) is -1.60. The number of rotatable bonds is 2. The second-order valence-corrected chi connectivity index (χ2v) is 3.02. The highest BCUT2D eigenvalue weighted by Gasteiger charge is 2.31. The van der Waals surface area contributed by atoms with E-state index in [0.29, 0.717) is 12.0 Å². The van der Waals surface area contributed by atoms with Crippen LogP contribution in [0.2, 0.25) is 0 Å². The molecule has 0 bridgehead atoms. The van der Waals surface area contributed by atoms with Gasteiger partial charge in [0.25, 0.3) is 0 Å². The molecule has 0 aliphatic heterocycles. The minimum Gasteiger partial charge on any atom is -0.324 e. The van der Waals surface area contributed by atoms with Crippen LogP contribution in [0, 0.1) is 0 Å². The van der Waals surface area contributed by atoms with Crippen LogP contribution in [0.15, 0.2) is 18.5 Å². The zero-order valence-corrected chi connectivity index (χ0v) is 7.67. The van der Waals surface area contributed by atoms with E-state index in [2.05, 4.69) is 4.98 Å². The highest BCUT2D eigenvalue weighted by atomic mass is 19.4. The Bertz CT molecular complexity index is 309. The molecule has 0 aliphatic carbocycles. The first-order valence-corrected chi connectivity index (χ1v) is 4.23. The van der Waals surface area contributed by atoms with Crippen LogP contribution in [-0.2, 0) is 6.18 Å². The third-order valence-electron chi connectivity index (χ3n) is 1.95. The number of hydrogen-bond acceptors (Lipinski definition) is 2. The van der Waals surface area contributed by atoms with Gasteiger partial charge < -0.3 is 5.73 Å². The van der Waals surface area contributed by atoms with Crippen LogP contribution in [-0.4, -0.2) is 4.98 Å². The fraction of sp³-hybridized carbons (Fsp3) is 0.444. The van der Waals surface area contributed by atoms with Gasteiger partial charge in [-0.1, -0.05) is 6.92 Å². The van der Waals surface area contributed by atoms with E-state index < -0.39 is 11.7 Å². The number of nitrogens with zero attached hydrogens (tertiary/aromatic N) is 1. The molecule has 0 radical (unpaired) electrons. The quantitative estimate of drug-likeness (QED) is 0.803. The van der Waals surface area contributed by atoms with Crippen LogP contribution in [0.4, 0.5) is 13.2 Å². The normalized spacial score (nSPS) is 14.1. The Balaban J connectivity index is 3.01. The molecule has 0 aromatic carbocycles. The molecular formula is C9H11F3N2. The molecule has 0 saturated carbocycles. The fourth-order valence-electron chi connectivity index (χ4n) is 1.05. The van der Waals surface area contributed by atoms with Gasteiger partial charge in [-0.2, -0.15) is 13.2 Å². The Kier molecular flexibility index (Phi) is 3.10.